The van der Waals surface area contributed by atoms with Crippen LogP contribution in [0.25, 0.3) is 89.1 Å². The quantitative estimate of drug-likeness (QED) is 0.176. The zero-order valence-corrected chi connectivity index (χ0v) is 28.3. The van der Waals surface area contributed by atoms with E-state index >= 15 is 0 Å². The second-order valence-corrected chi connectivity index (χ2v) is 17.6. The molecule has 236 valence electrons. The zero-order chi connectivity index (χ0) is 37.7. The lowest BCUT2D eigenvalue weighted by Crippen LogP contribution is -2.49. The van der Waals surface area contributed by atoms with E-state index in [1.165, 1.54) is 15.9 Å². The SMILES string of the molecule is [2H]c1c([2H])c([2H])c(-c2nc(-c3cccc(-c4ccccc4)c3)nc(-c3cc4c(c5oc6c7ccccc7ccc6c35)-c3ccccc3[Si]4(C)C)n2)c([2H])c1[2H]. The summed E-state index contributed by atoms with van der Waals surface area (Å²) < 4.78 is 50.1. The largest absolute Gasteiger partial charge is 0.455 e. The smallest absolute Gasteiger partial charge is 0.164 e. The normalized spacial score (nSPS) is 14.6. The Balaban J connectivity index is 1.33. The number of hydrogen-bond acceptors (Lipinski definition) is 4. The van der Waals surface area contributed by atoms with E-state index in [2.05, 4.69) is 67.7 Å². The van der Waals surface area contributed by atoms with Crippen molar-refractivity contribution < 1.29 is 11.3 Å². The van der Waals surface area contributed by atoms with Crippen molar-refractivity contribution in [2.45, 2.75) is 13.1 Å². The third-order valence-corrected chi connectivity index (χ3v) is 13.5. The van der Waals surface area contributed by atoms with Crippen molar-refractivity contribution in [1.82, 2.24) is 15.0 Å². The van der Waals surface area contributed by atoms with Gasteiger partial charge in [0, 0.05) is 38.4 Å². The molecular weight excluding hydrogens is 627 g/mol. The minimum Gasteiger partial charge on any atom is -0.455 e. The summed E-state index contributed by atoms with van der Waals surface area (Å²) in [5, 5.41) is 6.33. The van der Waals surface area contributed by atoms with Gasteiger partial charge in [-0.1, -0.05) is 146 Å². The topological polar surface area (TPSA) is 51.8 Å². The molecule has 2 aromatic heterocycles. The zero-order valence-electron chi connectivity index (χ0n) is 32.3. The van der Waals surface area contributed by atoms with Gasteiger partial charge in [-0.05, 0) is 50.6 Å². The van der Waals surface area contributed by atoms with Gasteiger partial charge in [-0.15, -0.1) is 0 Å². The molecule has 0 spiro atoms. The molecule has 1 aliphatic rings. The molecule has 0 atom stereocenters. The highest BCUT2D eigenvalue weighted by Gasteiger charge is 2.40. The molecule has 0 aliphatic carbocycles. The average Bonchev–Trinajstić information content (AvgIpc) is 3.72. The van der Waals surface area contributed by atoms with Crippen molar-refractivity contribution in [1.29, 1.82) is 0 Å². The molecule has 9 aromatic rings. The summed E-state index contributed by atoms with van der Waals surface area (Å²) >= 11 is 0. The molecule has 7 aromatic carbocycles. The standard InChI is InChI=1S/C45H31N3OSi/c1-50(2)37-23-12-11-22-34(37)40-38(50)27-36(39-35-25-24-29-16-9-10-21-33(29)41(35)49-42(39)40)45-47-43(30-17-7-4-8-18-30)46-44(48-45)32-20-13-19-31(26-32)28-14-5-3-6-15-28/h3-27H,1-2H3/i4D,7D,8D,17D,18D. The molecule has 50 heavy (non-hydrogen) atoms. The fourth-order valence-electron chi connectivity index (χ4n) is 7.58. The molecule has 3 heterocycles. The van der Waals surface area contributed by atoms with Crippen molar-refractivity contribution in [2.24, 2.45) is 0 Å². The summed E-state index contributed by atoms with van der Waals surface area (Å²) in [6, 6.07) is 38.9. The Morgan fingerprint density at radius 1 is 0.520 bits per heavy atom. The van der Waals surface area contributed by atoms with Crippen LogP contribution in [0, 0.1) is 0 Å². The van der Waals surface area contributed by atoms with Crippen LogP contribution in [0.15, 0.2) is 156 Å². The van der Waals surface area contributed by atoms with Crippen LogP contribution in [0.5, 0.6) is 0 Å². The minimum absolute atomic E-state index is 0.00574. The van der Waals surface area contributed by atoms with E-state index in [0.29, 0.717) is 17.2 Å². The van der Waals surface area contributed by atoms with Crippen LogP contribution in [0.3, 0.4) is 0 Å². The van der Waals surface area contributed by atoms with Crippen LogP contribution in [-0.2, 0) is 0 Å². The van der Waals surface area contributed by atoms with E-state index < -0.39 is 26.2 Å². The summed E-state index contributed by atoms with van der Waals surface area (Å²) in [5.74, 6) is 0.631. The Labute approximate surface area is 297 Å². The third kappa shape index (κ3) is 4.33. The second-order valence-electron chi connectivity index (χ2n) is 13.2. The number of nitrogens with zero attached hydrogens (tertiary/aromatic N) is 3. The van der Waals surface area contributed by atoms with Crippen molar-refractivity contribution in [2.75, 3.05) is 0 Å². The summed E-state index contributed by atoms with van der Waals surface area (Å²) in [6.45, 7) is 4.69. The van der Waals surface area contributed by atoms with Crippen molar-refractivity contribution in [3.05, 3.63) is 152 Å². The Bertz CT molecular complexity index is 3060. The van der Waals surface area contributed by atoms with Gasteiger partial charge in [0.1, 0.15) is 19.2 Å². The first-order chi connectivity index (χ1) is 26.6. The predicted molar refractivity (Wildman–Crippen MR) is 209 cm³/mol. The lowest BCUT2D eigenvalue weighted by molar-refractivity contribution is 0.674. The number of furan rings is 1. The van der Waals surface area contributed by atoms with Crippen molar-refractivity contribution in [3.63, 3.8) is 0 Å². The monoisotopic (exact) mass is 662 g/mol. The number of hydrogen-bond donors (Lipinski definition) is 0. The van der Waals surface area contributed by atoms with Crippen LogP contribution in [0.2, 0.25) is 13.1 Å². The van der Waals surface area contributed by atoms with Gasteiger partial charge >= 0.3 is 0 Å². The van der Waals surface area contributed by atoms with E-state index in [0.717, 1.165) is 55.0 Å². The number of rotatable bonds is 4. The molecule has 0 N–H and O–H groups in total. The van der Waals surface area contributed by atoms with Crippen LogP contribution >= 0.6 is 0 Å². The number of fused-ring (bicyclic) bond motifs is 9. The molecule has 1 aliphatic heterocycles. The van der Waals surface area contributed by atoms with Gasteiger partial charge in [0.25, 0.3) is 0 Å². The Morgan fingerprint density at radius 2 is 1.22 bits per heavy atom. The van der Waals surface area contributed by atoms with E-state index in [4.69, 9.17) is 26.2 Å². The fourth-order valence-corrected chi connectivity index (χ4v) is 10.6. The van der Waals surface area contributed by atoms with Gasteiger partial charge in [-0.3, -0.25) is 0 Å². The number of aromatic nitrogens is 3. The highest BCUT2D eigenvalue weighted by Crippen LogP contribution is 2.45. The second kappa shape index (κ2) is 10.9. The molecule has 0 radical (unpaired) electrons. The Kier molecular flexibility index (Phi) is 5.25. The number of benzene rings is 7. The lowest BCUT2D eigenvalue weighted by Gasteiger charge is -2.19. The van der Waals surface area contributed by atoms with Crippen molar-refractivity contribution >= 4 is 51.2 Å². The van der Waals surface area contributed by atoms with E-state index in [9.17, 15) is 0 Å². The summed E-state index contributed by atoms with van der Waals surface area (Å²) in [7, 11) is -2.27. The minimum atomic E-state index is -2.27. The van der Waals surface area contributed by atoms with E-state index in [1.807, 2.05) is 66.7 Å². The highest BCUT2D eigenvalue weighted by molar-refractivity contribution is 7.04. The van der Waals surface area contributed by atoms with Gasteiger partial charge in [0.15, 0.2) is 17.5 Å². The molecule has 0 saturated heterocycles. The van der Waals surface area contributed by atoms with Gasteiger partial charge in [0.05, 0.1) is 6.85 Å². The van der Waals surface area contributed by atoms with Gasteiger partial charge in [0.2, 0.25) is 0 Å². The van der Waals surface area contributed by atoms with E-state index in [-0.39, 0.29) is 23.5 Å². The lowest BCUT2D eigenvalue weighted by atomic mass is 9.97. The van der Waals surface area contributed by atoms with Gasteiger partial charge < -0.3 is 4.42 Å². The molecule has 5 heteroatoms. The summed E-state index contributed by atoms with van der Waals surface area (Å²) in [5.41, 5.74) is 7.09. The molecule has 0 saturated carbocycles. The maximum Gasteiger partial charge on any atom is 0.164 e. The third-order valence-electron chi connectivity index (χ3n) is 10.0. The maximum absolute atomic E-state index is 8.90. The first kappa shape index (κ1) is 24.0. The Morgan fingerprint density at radius 3 is 2.08 bits per heavy atom. The van der Waals surface area contributed by atoms with E-state index in [1.54, 1.807) is 0 Å². The first-order valence-electron chi connectivity index (χ1n) is 19.1. The van der Waals surface area contributed by atoms with Crippen LogP contribution in [-0.4, -0.2) is 23.0 Å². The highest BCUT2D eigenvalue weighted by atomic mass is 28.3. The summed E-state index contributed by atoms with van der Waals surface area (Å²) in [6.07, 6.45) is 0. The molecule has 4 nitrogen and oxygen atoms in total. The van der Waals surface area contributed by atoms with Crippen LogP contribution in [0.1, 0.15) is 6.85 Å². The average molecular weight is 663 g/mol. The fraction of sp³-hybridized carbons (Fsp3) is 0.0444. The molecule has 0 unspecified atom stereocenters. The predicted octanol–water partition coefficient (Wildman–Crippen LogP) is 10.4. The molecule has 10 rings (SSSR count). The van der Waals surface area contributed by atoms with Crippen LogP contribution in [0.4, 0.5) is 0 Å². The summed E-state index contributed by atoms with van der Waals surface area (Å²) in [4.78, 5) is 15.1. The van der Waals surface area contributed by atoms with Crippen LogP contribution < -0.4 is 10.4 Å². The molecule has 0 bridgehead atoms. The molecule has 0 amide bonds. The maximum atomic E-state index is 8.90. The van der Waals surface area contributed by atoms with Crippen molar-refractivity contribution in [3.8, 4) is 56.4 Å². The molecule has 0 fully saturated rings. The first-order valence-corrected chi connectivity index (χ1v) is 19.6. The van der Waals surface area contributed by atoms with Gasteiger partial charge in [-0.25, -0.2) is 15.0 Å². The van der Waals surface area contributed by atoms with Gasteiger partial charge in [-0.2, -0.15) is 0 Å². The molecular formula is C45H31N3OSi. The Hall–Kier alpha value is -6.17.